The molecule has 0 saturated carbocycles. The molecule has 0 unspecified atom stereocenters. The minimum absolute atomic E-state index is 0.0111. The molecule has 1 heterocycles. The lowest BCUT2D eigenvalue weighted by molar-refractivity contribution is 0.0532. The minimum Gasteiger partial charge on any atom is -0.494 e. The second kappa shape index (κ2) is 7.63. The van der Waals surface area contributed by atoms with Crippen molar-refractivity contribution in [3.05, 3.63) is 30.3 Å². The lowest BCUT2D eigenvalue weighted by Gasteiger charge is -2.26. The smallest absolute Gasteiger partial charge is 0.317 e. The van der Waals surface area contributed by atoms with Crippen LogP contribution in [-0.2, 0) is 4.74 Å². The summed E-state index contributed by atoms with van der Waals surface area (Å²) in [6, 6.07) is 9.67. The third kappa shape index (κ3) is 4.79. The number of hydrogen-bond acceptors (Lipinski definition) is 3. The van der Waals surface area contributed by atoms with E-state index in [2.05, 4.69) is 5.32 Å². The van der Waals surface area contributed by atoms with Crippen molar-refractivity contribution in [1.82, 2.24) is 10.2 Å². The summed E-state index contributed by atoms with van der Waals surface area (Å²) < 4.78 is 10.7. The van der Waals surface area contributed by atoms with Crippen LogP contribution in [0.4, 0.5) is 4.79 Å². The van der Waals surface area contributed by atoms with Crippen LogP contribution in [0.2, 0.25) is 0 Å². The standard InChI is InChI=1S/C14H20N2O3/c17-14(16-8-11-18-12-9-16)15-7-4-10-19-13-5-2-1-3-6-13/h1-3,5-6H,4,7-12H2,(H,15,17). The Bertz CT molecular complexity index is 378. The maximum atomic E-state index is 11.7. The molecular weight excluding hydrogens is 244 g/mol. The zero-order valence-electron chi connectivity index (χ0n) is 11.0. The number of nitrogens with zero attached hydrogens (tertiary/aromatic N) is 1. The third-order valence-corrected chi connectivity index (χ3v) is 2.91. The maximum absolute atomic E-state index is 11.7. The van der Waals surface area contributed by atoms with Crippen molar-refractivity contribution in [2.24, 2.45) is 0 Å². The molecule has 5 heteroatoms. The average molecular weight is 264 g/mol. The highest BCUT2D eigenvalue weighted by Crippen LogP contribution is 2.08. The number of urea groups is 1. The van der Waals surface area contributed by atoms with E-state index in [9.17, 15) is 4.79 Å². The molecule has 0 atom stereocenters. The highest BCUT2D eigenvalue weighted by molar-refractivity contribution is 5.74. The number of carbonyl (C=O) groups is 1. The molecular formula is C14H20N2O3. The van der Waals surface area contributed by atoms with Gasteiger partial charge in [-0.2, -0.15) is 0 Å². The SMILES string of the molecule is O=C(NCCCOc1ccccc1)N1CCOCC1. The van der Waals surface area contributed by atoms with Crippen molar-refractivity contribution in [1.29, 1.82) is 0 Å². The van der Waals surface area contributed by atoms with E-state index in [1.54, 1.807) is 4.90 Å². The topological polar surface area (TPSA) is 50.8 Å². The Kier molecular flexibility index (Phi) is 5.49. The highest BCUT2D eigenvalue weighted by atomic mass is 16.5. The molecule has 19 heavy (non-hydrogen) atoms. The van der Waals surface area contributed by atoms with Gasteiger partial charge in [-0.25, -0.2) is 4.79 Å². The fourth-order valence-electron chi connectivity index (χ4n) is 1.85. The summed E-state index contributed by atoms with van der Waals surface area (Å²) in [5.41, 5.74) is 0. The minimum atomic E-state index is -0.0111. The first-order valence-electron chi connectivity index (χ1n) is 6.64. The molecule has 2 amide bonds. The van der Waals surface area contributed by atoms with Crippen LogP contribution in [0.5, 0.6) is 5.75 Å². The van der Waals surface area contributed by atoms with E-state index in [1.807, 2.05) is 30.3 Å². The van der Waals surface area contributed by atoms with Gasteiger partial charge in [0.15, 0.2) is 0 Å². The van der Waals surface area contributed by atoms with Gasteiger partial charge in [0.05, 0.1) is 19.8 Å². The van der Waals surface area contributed by atoms with E-state index in [1.165, 1.54) is 0 Å². The molecule has 104 valence electrons. The van der Waals surface area contributed by atoms with Gasteiger partial charge in [-0.3, -0.25) is 0 Å². The Labute approximate surface area is 113 Å². The molecule has 0 bridgehead atoms. The predicted molar refractivity (Wildman–Crippen MR) is 72.3 cm³/mol. The lowest BCUT2D eigenvalue weighted by atomic mass is 10.3. The predicted octanol–water partition coefficient (Wildman–Crippen LogP) is 1.50. The number of benzene rings is 1. The zero-order valence-corrected chi connectivity index (χ0v) is 11.0. The molecule has 1 aromatic rings. The monoisotopic (exact) mass is 264 g/mol. The molecule has 1 aromatic carbocycles. The molecule has 0 spiro atoms. The summed E-state index contributed by atoms with van der Waals surface area (Å²) in [5, 5.41) is 2.89. The Morgan fingerprint density at radius 1 is 1.26 bits per heavy atom. The van der Waals surface area contributed by atoms with Crippen LogP contribution >= 0.6 is 0 Å². The number of rotatable bonds is 5. The van der Waals surface area contributed by atoms with Crippen molar-refractivity contribution < 1.29 is 14.3 Å². The first kappa shape index (κ1) is 13.7. The molecule has 1 N–H and O–H groups in total. The molecule has 2 rings (SSSR count). The number of ether oxygens (including phenoxy) is 2. The van der Waals surface area contributed by atoms with E-state index in [0.717, 1.165) is 12.2 Å². The largest absolute Gasteiger partial charge is 0.494 e. The zero-order chi connectivity index (χ0) is 13.3. The van der Waals surface area contributed by atoms with Crippen molar-refractivity contribution in [3.63, 3.8) is 0 Å². The average Bonchev–Trinajstić information content (AvgIpc) is 2.49. The lowest BCUT2D eigenvalue weighted by Crippen LogP contribution is -2.46. The van der Waals surface area contributed by atoms with Crippen molar-refractivity contribution in [2.75, 3.05) is 39.5 Å². The molecule has 1 fully saturated rings. The van der Waals surface area contributed by atoms with Gasteiger partial charge in [-0.1, -0.05) is 18.2 Å². The molecule has 0 aromatic heterocycles. The quantitative estimate of drug-likeness (QED) is 0.820. The summed E-state index contributed by atoms with van der Waals surface area (Å²) in [6.45, 7) is 3.84. The number of para-hydroxylation sites is 1. The molecule has 5 nitrogen and oxygen atoms in total. The molecule has 0 aliphatic carbocycles. The second-order valence-corrected chi connectivity index (χ2v) is 4.35. The number of morpholine rings is 1. The maximum Gasteiger partial charge on any atom is 0.317 e. The van der Waals surface area contributed by atoms with Gasteiger partial charge in [-0.15, -0.1) is 0 Å². The summed E-state index contributed by atoms with van der Waals surface area (Å²) in [4.78, 5) is 13.5. The molecule has 0 radical (unpaired) electrons. The van der Waals surface area contributed by atoms with E-state index < -0.39 is 0 Å². The first-order chi connectivity index (χ1) is 9.36. The molecule has 1 saturated heterocycles. The van der Waals surface area contributed by atoms with E-state index in [-0.39, 0.29) is 6.03 Å². The van der Waals surface area contributed by atoms with Gasteiger partial charge in [-0.05, 0) is 18.6 Å². The van der Waals surface area contributed by atoms with Crippen LogP contribution < -0.4 is 10.1 Å². The van der Waals surface area contributed by atoms with Crippen molar-refractivity contribution >= 4 is 6.03 Å². The summed E-state index contributed by atoms with van der Waals surface area (Å²) in [7, 11) is 0. The van der Waals surface area contributed by atoms with Gasteiger partial charge in [0.25, 0.3) is 0 Å². The Balaban J connectivity index is 1.55. The molecule has 1 aliphatic heterocycles. The van der Waals surface area contributed by atoms with Gasteiger partial charge >= 0.3 is 6.03 Å². The fourth-order valence-corrected chi connectivity index (χ4v) is 1.85. The number of hydrogen-bond donors (Lipinski definition) is 1. The number of nitrogens with one attached hydrogen (secondary N) is 1. The second-order valence-electron chi connectivity index (χ2n) is 4.35. The van der Waals surface area contributed by atoms with Crippen molar-refractivity contribution in [3.8, 4) is 5.75 Å². The van der Waals surface area contributed by atoms with Crippen LogP contribution in [0.1, 0.15) is 6.42 Å². The Hall–Kier alpha value is -1.75. The Morgan fingerprint density at radius 3 is 2.74 bits per heavy atom. The molecule has 1 aliphatic rings. The van der Waals surface area contributed by atoms with Crippen LogP contribution in [0.15, 0.2) is 30.3 Å². The van der Waals surface area contributed by atoms with E-state index in [0.29, 0.717) is 39.5 Å². The first-order valence-corrected chi connectivity index (χ1v) is 6.64. The summed E-state index contributed by atoms with van der Waals surface area (Å²) in [6.07, 6.45) is 0.797. The normalized spacial score (nSPS) is 15.1. The van der Waals surface area contributed by atoms with Gasteiger partial charge < -0.3 is 19.7 Å². The van der Waals surface area contributed by atoms with Crippen LogP contribution in [-0.4, -0.2) is 50.4 Å². The fraction of sp³-hybridized carbons (Fsp3) is 0.500. The van der Waals surface area contributed by atoms with Gasteiger partial charge in [0, 0.05) is 19.6 Å². The van der Waals surface area contributed by atoms with Gasteiger partial charge in [0.1, 0.15) is 5.75 Å². The van der Waals surface area contributed by atoms with Crippen LogP contribution in [0.25, 0.3) is 0 Å². The van der Waals surface area contributed by atoms with Crippen LogP contribution in [0.3, 0.4) is 0 Å². The summed E-state index contributed by atoms with van der Waals surface area (Å²) >= 11 is 0. The Morgan fingerprint density at radius 2 is 2.00 bits per heavy atom. The number of carbonyl (C=O) groups excluding carboxylic acids is 1. The van der Waals surface area contributed by atoms with Gasteiger partial charge in [0.2, 0.25) is 0 Å². The highest BCUT2D eigenvalue weighted by Gasteiger charge is 2.15. The third-order valence-electron chi connectivity index (χ3n) is 2.91. The summed E-state index contributed by atoms with van der Waals surface area (Å²) in [5.74, 6) is 0.863. The van der Waals surface area contributed by atoms with Crippen LogP contribution in [0, 0.1) is 0 Å². The van der Waals surface area contributed by atoms with Crippen molar-refractivity contribution in [2.45, 2.75) is 6.42 Å². The van der Waals surface area contributed by atoms with E-state index >= 15 is 0 Å². The van der Waals surface area contributed by atoms with E-state index in [4.69, 9.17) is 9.47 Å². The number of amides is 2.